The molecule has 82 valence electrons. The summed E-state index contributed by atoms with van der Waals surface area (Å²) in [7, 11) is 0. The van der Waals surface area contributed by atoms with E-state index in [0.29, 0.717) is 18.1 Å². The summed E-state index contributed by atoms with van der Waals surface area (Å²) >= 11 is 0. The minimum atomic E-state index is -0.268. The number of nitrogens with one attached hydrogen (secondary N) is 1. The van der Waals surface area contributed by atoms with E-state index in [9.17, 15) is 4.39 Å². The second kappa shape index (κ2) is 4.70. The molecular formula is C12H12FN3. The summed E-state index contributed by atoms with van der Waals surface area (Å²) in [5.41, 5.74) is 1.37. The first-order chi connectivity index (χ1) is 7.75. The second-order valence-electron chi connectivity index (χ2n) is 3.45. The lowest BCUT2D eigenvalue weighted by atomic mass is 10.3. The number of anilines is 1. The van der Waals surface area contributed by atoms with Crippen LogP contribution in [0.2, 0.25) is 0 Å². The van der Waals surface area contributed by atoms with Crippen LogP contribution in [0.3, 0.4) is 0 Å². The van der Waals surface area contributed by atoms with E-state index in [1.807, 2.05) is 13.0 Å². The quantitative estimate of drug-likeness (QED) is 0.858. The van der Waals surface area contributed by atoms with Crippen LogP contribution in [0.15, 0.2) is 36.5 Å². The number of halogens is 1. The van der Waals surface area contributed by atoms with Crippen LogP contribution in [0.4, 0.5) is 10.1 Å². The summed E-state index contributed by atoms with van der Waals surface area (Å²) in [5, 5.41) is 2.96. The van der Waals surface area contributed by atoms with Gasteiger partial charge in [0.15, 0.2) is 0 Å². The number of benzene rings is 1. The van der Waals surface area contributed by atoms with Crippen molar-refractivity contribution < 1.29 is 4.39 Å². The van der Waals surface area contributed by atoms with E-state index >= 15 is 0 Å². The minimum absolute atomic E-state index is 0.268. The normalized spacial score (nSPS) is 10.1. The Kier molecular flexibility index (Phi) is 3.10. The van der Waals surface area contributed by atoms with Gasteiger partial charge in [-0.15, -0.1) is 0 Å². The molecule has 0 bridgehead atoms. The number of rotatable bonds is 3. The van der Waals surface area contributed by atoms with Crippen molar-refractivity contribution in [3.63, 3.8) is 0 Å². The van der Waals surface area contributed by atoms with Crippen LogP contribution in [0.5, 0.6) is 0 Å². The Labute approximate surface area is 93.4 Å². The number of hydrogen-bond donors (Lipinski definition) is 1. The van der Waals surface area contributed by atoms with Gasteiger partial charge in [-0.05, 0) is 25.1 Å². The Bertz CT molecular complexity index is 485. The third-order valence-electron chi connectivity index (χ3n) is 2.16. The van der Waals surface area contributed by atoms with Crippen molar-refractivity contribution in [3.8, 4) is 0 Å². The van der Waals surface area contributed by atoms with Crippen LogP contribution in [0, 0.1) is 12.7 Å². The predicted molar refractivity (Wildman–Crippen MR) is 60.5 cm³/mol. The lowest BCUT2D eigenvalue weighted by Gasteiger charge is -2.06. The highest BCUT2D eigenvalue weighted by Gasteiger charge is 2.01. The van der Waals surface area contributed by atoms with Crippen molar-refractivity contribution in [1.29, 1.82) is 0 Å². The van der Waals surface area contributed by atoms with Crippen LogP contribution in [-0.2, 0) is 6.54 Å². The first-order valence-corrected chi connectivity index (χ1v) is 5.02. The highest BCUT2D eigenvalue weighted by molar-refractivity contribution is 5.44. The van der Waals surface area contributed by atoms with Gasteiger partial charge >= 0.3 is 0 Å². The van der Waals surface area contributed by atoms with E-state index in [4.69, 9.17) is 0 Å². The van der Waals surface area contributed by atoms with Gasteiger partial charge in [0.2, 0.25) is 0 Å². The molecule has 2 rings (SSSR count). The van der Waals surface area contributed by atoms with Gasteiger partial charge < -0.3 is 5.32 Å². The van der Waals surface area contributed by atoms with Crippen molar-refractivity contribution in [3.05, 3.63) is 53.9 Å². The van der Waals surface area contributed by atoms with E-state index in [1.165, 1.54) is 6.07 Å². The molecular weight excluding hydrogens is 205 g/mol. The molecule has 0 unspecified atom stereocenters. The molecule has 0 radical (unpaired) electrons. The van der Waals surface area contributed by atoms with Crippen molar-refractivity contribution in [2.75, 3.05) is 5.32 Å². The Balaban J connectivity index is 2.05. The molecule has 0 aliphatic carbocycles. The molecule has 0 spiro atoms. The molecule has 0 aliphatic rings. The maximum Gasteiger partial charge on any atom is 0.147 e. The monoisotopic (exact) mass is 217 g/mol. The average molecular weight is 217 g/mol. The van der Waals surface area contributed by atoms with Gasteiger partial charge in [-0.3, -0.25) is 0 Å². The predicted octanol–water partition coefficient (Wildman–Crippen LogP) is 2.54. The Hall–Kier alpha value is -1.97. The molecule has 4 heteroatoms. The molecule has 0 saturated heterocycles. The van der Waals surface area contributed by atoms with Crippen LogP contribution in [0.1, 0.15) is 11.5 Å². The third-order valence-corrected chi connectivity index (χ3v) is 2.16. The Morgan fingerprint density at radius 1 is 1.25 bits per heavy atom. The van der Waals surface area contributed by atoms with Crippen LogP contribution in [-0.4, -0.2) is 9.97 Å². The van der Waals surface area contributed by atoms with Gasteiger partial charge in [-0.2, -0.15) is 0 Å². The highest BCUT2D eigenvalue weighted by atomic mass is 19.1. The van der Waals surface area contributed by atoms with Crippen molar-refractivity contribution in [1.82, 2.24) is 9.97 Å². The van der Waals surface area contributed by atoms with Crippen LogP contribution < -0.4 is 5.32 Å². The summed E-state index contributed by atoms with van der Waals surface area (Å²) in [4.78, 5) is 8.31. The zero-order valence-corrected chi connectivity index (χ0v) is 8.94. The number of aromatic nitrogens is 2. The summed E-state index contributed by atoms with van der Waals surface area (Å²) < 4.78 is 13.3. The van der Waals surface area contributed by atoms with Gasteiger partial charge in [0, 0.05) is 11.9 Å². The van der Waals surface area contributed by atoms with Crippen molar-refractivity contribution in [2.24, 2.45) is 0 Å². The second-order valence-corrected chi connectivity index (χ2v) is 3.45. The van der Waals surface area contributed by atoms with Crippen LogP contribution in [0.25, 0.3) is 0 Å². The molecule has 1 aromatic carbocycles. The van der Waals surface area contributed by atoms with E-state index < -0.39 is 0 Å². The van der Waals surface area contributed by atoms with E-state index in [1.54, 1.807) is 24.4 Å². The fourth-order valence-corrected chi connectivity index (χ4v) is 1.36. The van der Waals surface area contributed by atoms with Crippen molar-refractivity contribution >= 4 is 5.69 Å². The van der Waals surface area contributed by atoms with Gasteiger partial charge in [0.25, 0.3) is 0 Å². The zero-order chi connectivity index (χ0) is 11.4. The molecule has 2 aromatic rings. The van der Waals surface area contributed by atoms with E-state index in [0.717, 1.165) is 5.69 Å². The van der Waals surface area contributed by atoms with E-state index in [2.05, 4.69) is 15.3 Å². The molecule has 1 aromatic heterocycles. The lowest BCUT2D eigenvalue weighted by molar-refractivity contribution is 0.629. The zero-order valence-electron chi connectivity index (χ0n) is 8.94. The number of aryl methyl sites for hydroxylation is 1. The maximum absolute atomic E-state index is 13.3. The molecule has 0 fully saturated rings. The molecule has 0 amide bonds. The largest absolute Gasteiger partial charge is 0.375 e. The highest BCUT2D eigenvalue weighted by Crippen LogP contribution is 2.12. The molecule has 1 heterocycles. The minimum Gasteiger partial charge on any atom is -0.375 e. The fourth-order valence-electron chi connectivity index (χ4n) is 1.36. The number of nitrogens with zero attached hydrogens (tertiary/aromatic N) is 2. The van der Waals surface area contributed by atoms with Gasteiger partial charge in [0.05, 0.1) is 12.2 Å². The topological polar surface area (TPSA) is 37.8 Å². The summed E-state index contributed by atoms with van der Waals surface area (Å²) in [6.45, 7) is 2.32. The Morgan fingerprint density at radius 2 is 2.06 bits per heavy atom. The molecule has 3 nitrogen and oxygen atoms in total. The number of para-hydroxylation sites is 1. The SMILES string of the molecule is Cc1ccnc(CNc2ccccc2F)n1. The standard InChI is InChI=1S/C12H12FN3/c1-9-6-7-14-12(16-9)8-15-11-5-3-2-4-10(11)13/h2-7,15H,8H2,1H3. The molecule has 1 N–H and O–H groups in total. The lowest BCUT2D eigenvalue weighted by Crippen LogP contribution is -2.05. The van der Waals surface area contributed by atoms with Gasteiger partial charge in [-0.25, -0.2) is 14.4 Å². The smallest absolute Gasteiger partial charge is 0.147 e. The van der Waals surface area contributed by atoms with E-state index in [-0.39, 0.29) is 5.82 Å². The van der Waals surface area contributed by atoms with Crippen LogP contribution >= 0.6 is 0 Å². The fraction of sp³-hybridized carbons (Fsp3) is 0.167. The summed E-state index contributed by atoms with van der Waals surface area (Å²) in [5.74, 6) is 0.387. The first-order valence-electron chi connectivity index (χ1n) is 5.02. The molecule has 0 saturated carbocycles. The summed E-state index contributed by atoms with van der Waals surface area (Å²) in [6.07, 6.45) is 1.70. The Morgan fingerprint density at radius 3 is 2.81 bits per heavy atom. The summed E-state index contributed by atoms with van der Waals surface area (Å²) in [6, 6.07) is 8.36. The van der Waals surface area contributed by atoms with Gasteiger partial charge in [0.1, 0.15) is 11.6 Å². The van der Waals surface area contributed by atoms with Gasteiger partial charge in [-0.1, -0.05) is 12.1 Å². The number of hydrogen-bond acceptors (Lipinski definition) is 3. The van der Waals surface area contributed by atoms with Crippen molar-refractivity contribution in [2.45, 2.75) is 13.5 Å². The first kappa shape index (κ1) is 10.5. The molecule has 16 heavy (non-hydrogen) atoms. The third kappa shape index (κ3) is 2.53. The molecule has 0 aliphatic heterocycles. The molecule has 0 atom stereocenters. The average Bonchev–Trinajstić information content (AvgIpc) is 2.28. The maximum atomic E-state index is 13.3.